The number of nitrogens with zero attached hydrogens (tertiary/aromatic N) is 3. The Kier molecular flexibility index (Phi) is 4.84. The molecule has 3 N–H and O–H groups in total. The van der Waals surface area contributed by atoms with Gasteiger partial charge < -0.3 is 16.0 Å². The standard InChI is InChI=1S/C18H18N6O/c1-12-6-8-14(9-7-12)22-18-23-17(11-19-24-18)21-16-5-3-4-15(10-16)20-13(2)25/h3-11H,1-2H3,(H,20,25)(H2,21,22,23,24). The maximum atomic E-state index is 11.2. The molecule has 3 rings (SSSR count). The molecule has 0 bridgehead atoms. The minimum Gasteiger partial charge on any atom is -0.339 e. The molecule has 2 aromatic carbocycles. The summed E-state index contributed by atoms with van der Waals surface area (Å²) in [4.78, 5) is 15.5. The molecular formula is C18H18N6O. The molecule has 3 aromatic rings. The zero-order valence-electron chi connectivity index (χ0n) is 13.9. The lowest BCUT2D eigenvalue weighted by Gasteiger charge is -2.09. The second-order valence-electron chi connectivity index (χ2n) is 5.54. The van der Waals surface area contributed by atoms with E-state index in [1.807, 2.05) is 55.5 Å². The molecule has 0 unspecified atom stereocenters. The maximum absolute atomic E-state index is 11.2. The molecule has 126 valence electrons. The number of carbonyl (C=O) groups excluding carboxylic acids is 1. The molecule has 1 aromatic heterocycles. The Morgan fingerprint density at radius 3 is 2.48 bits per heavy atom. The fourth-order valence-electron chi connectivity index (χ4n) is 2.21. The molecule has 1 heterocycles. The van der Waals surface area contributed by atoms with Crippen molar-refractivity contribution in [1.82, 2.24) is 15.2 Å². The lowest BCUT2D eigenvalue weighted by atomic mass is 10.2. The fourth-order valence-corrected chi connectivity index (χ4v) is 2.21. The summed E-state index contributed by atoms with van der Waals surface area (Å²) in [5.74, 6) is 0.821. The topological polar surface area (TPSA) is 91.8 Å². The van der Waals surface area contributed by atoms with Crippen molar-refractivity contribution in [2.75, 3.05) is 16.0 Å². The van der Waals surface area contributed by atoms with Crippen LogP contribution in [-0.4, -0.2) is 21.1 Å². The van der Waals surface area contributed by atoms with Crippen LogP contribution in [-0.2, 0) is 4.79 Å². The second-order valence-corrected chi connectivity index (χ2v) is 5.54. The van der Waals surface area contributed by atoms with Gasteiger partial charge in [-0.2, -0.15) is 10.1 Å². The van der Waals surface area contributed by atoms with Crippen LogP contribution in [0.3, 0.4) is 0 Å². The molecule has 0 fully saturated rings. The second kappa shape index (κ2) is 7.39. The van der Waals surface area contributed by atoms with Gasteiger partial charge in [0, 0.05) is 24.0 Å². The number of carbonyl (C=O) groups is 1. The van der Waals surface area contributed by atoms with Gasteiger partial charge in [-0.3, -0.25) is 4.79 Å². The van der Waals surface area contributed by atoms with Gasteiger partial charge in [-0.1, -0.05) is 23.8 Å². The Morgan fingerprint density at radius 1 is 0.960 bits per heavy atom. The third-order valence-electron chi connectivity index (χ3n) is 3.32. The van der Waals surface area contributed by atoms with Crippen molar-refractivity contribution in [3.63, 3.8) is 0 Å². The summed E-state index contributed by atoms with van der Waals surface area (Å²) in [5.41, 5.74) is 3.56. The van der Waals surface area contributed by atoms with E-state index < -0.39 is 0 Å². The molecule has 0 aliphatic heterocycles. The minimum absolute atomic E-state index is 0.120. The predicted octanol–water partition coefficient (Wildman–Crippen LogP) is 3.63. The van der Waals surface area contributed by atoms with E-state index in [9.17, 15) is 4.79 Å². The number of hydrogen-bond acceptors (Lipinski definition) is 6. The molecule has 0 radical (unpaired) electrons. The highest BCUT2D eigenvalue weighted by Gasteiger charge is 2.03. The SMILES string of the molecule is CC(=O)Nc1cccc(Nc2cnnc(Nc3ccc(C)cc3)n2)c1. The van der Waals surface area contributed by atoms with E-state index in [1.165, 1.54) is 18.7 Å². The molecule has 1 amide bonds. The summed E-state index contributed by atoms with van der Waals surface area (Å²) in [6.45, 7) is 3.50. The summed E-state index contributed by atoms with van der Waals surface area (Å²) in [6.07, 6.45) is 1.53. The van der Waals surface area contributed by atoms with Gasteiger partial charge in [0.25, 0.3) is 0 Å². The van der Waals surface area contributed by atoms with E-state index in [0.29, 0.717) is 17.5 Å². The van der Waals surface area contributed by atoms with Crippen molar-refractivity contribution in [2.24, 2.45) is 0 Å². The van der Waals surface area contributed by atoms with Gasteiger partial charge in [0.1, 0.15) is 0 Å². The molecule has 0 aliphatic carbocycles. The molecule has 0 atom stereocenters. The highest BCUT2D eigenvalue weighted by molar-refractivity contribution is 5.89. The number of benzene rings is 2. The third-order valence-corrected chi connectivity index (χ3v) is 3.32. The Hall–Kier alpha value is -3.48. The van der Waals surface area contributed by atoms with E-state index in [1.54, 1.807) is 0 Å². The fraction of sp³-hybridized carbons (Fsp3) is 0.111. The summed E-state index contributed by atoms with van der Waals surface area (Å²) >= 11 is 0. The number of anilines is 5. The number of nitrogens with one attached hydrogen (secondary N) is 3. The molecule has 0 saturated carbocycles. The van der Waals surface area contributed by atoms with Gasteiger partial charge in [-0.15, -0.1) is 5.10 Å². The number of hydrogen-bond donors (Lipinski definition) is 3. The van der Waals surface area contributed by atoms with Crippen molar-refractivity contribution in [3.05, 3.63) is 60.3 Å². The van der Waals surface area contributed by atoms with Gasteiger partial charge in [0.05, 0.1) is 6.20 Å². The van der Waals surface area contributed by atoms with Crippen LogP contribution < -0.4 is 16.0 Å². The Bertz CT molecular complexity index is 879. The van der Waals surface area contributed by atoms with Crippen LogP contribution in [0.15, 0.2) is 54.7 Å². The molecule has 7 heteroatoms. The first-order valence-corrected chi connectivity index (χ1v) is 7.76. The van der Waals surface area contributed by atoms with E-state index >= 15 is 0 Å². The van der Waals surface area contributed by atoms with Gasteiger partial charge >= 0.3 is 0 Å². The lowest BCUT2D eigenvalue weighted by Crippen LogP contribution is -2.06. The molecular weight excluding hydrogens is 316 g/mol. The highest BCUT2D eigenvalue weighted by Crippen LogP contribution is 2.20. The molecule has 7 nitrogen and oxygen atoms in total. The van der Waals surface area contributed by atoms with Gasteiger partial charge in [-0.25, -0.2) is 0 Å². The first-order chi connectivity index (χ1) is 12.1. The zero-order valence-corrected chi connectivity index (χ0v) is 13.9. The maximum Gasteiger partial charge on any atom is 0.249 e. The van der Waals surface area contributed by atoms with Crippen LogP contribution in [0.2, 0.25) is 0 Å². The summed E-state index contributed by atoms with van der Waals surface area (Å²) in [6, 6.07) is 15.3. The number of aromatic nitrogens is 3. The van der Waals surface area contributed by atoms with E-state index in [2.05, 4.69) is 31.1 Å². The molecule has 0 saturated heterocycles. The highest BCUT2D eigenvalue weighted by atomic mass is 16.1. The van der Waals surface area contributed by atoms with Crippen molar-refractivity contribution in [1.29, 1.82) is 0 Å². The molecule has 25 heavy (non-hydrogen) atoms. The van der Waals surface area contributed by atoms with Gasteiger partial charge in [-0.05, 0) is 37.3 Å². The van der Waals surface area contributed by atoms with Crippen LogP contribution in [0, 0.1) is 6.92 Å². The van der Waals surface area contributed by atoms with Crippen molar-refractivity contribution in [2.45, 2.75) is 13.8 Å². The average molecular weight is 334 g/mol. The van der Waals surface area contributed by atoms with Gasteiger partial charge in [0.2, 0.25) is 11.9 Å². The number of rotatable bonds is 5. The van der Waals surface area contributed by atoms with E-state index in [4.69, 9.17) is 0 Å². The molecule has 0 spiro atoms. The minimum atomic E-state index is -0.120. The molecule has 0 aliphatic rings. The smallest absolute Gasteiger partial charge is 0.249 e. The number of amides is 1. The van der Waals surface area contributed by atoms with Crippen LogP contribution in [0.4, 0.5) is 28.8 Å². The normalized spacial score (nSPS) is 10.2. The van der Waals surface area contributed by atoms with Crippen molar-refractivity contribution in [3.8, 4) is 0 Å². The Morgan fingerprint density at radius 2 is 1.72 bits per heavy atom. The van der Waals surface area contributed by atoms with E-state index in [0.717, 1.165) is 11.4 Å². The van der Waals surface area contributed by atoms with Gasteiger partial charge in [0.15, 0.2) is 5.82 Å². The zero-order chi connectivity index (χ0) is 17.6. The predicted molar refractivity (Wildman–Crippen MR) is 98.3 cm³/mol. The Balaban J connectivity index is 1.73. The third kappa shape index (κ3) is 4.74. The van der Waals surface area contributed by atoms with Crippen LogP contribution in [0.1, 0.15) is 12.5 Å². The first-order valence-electron chi connectivity index (χ1n) is 7.76. The average Bonchev–Trinajstić information content (AvgIpc) is 2.57. The monoisotopic (exact) mass is 334 g/mol. The Labute approximate surface area is 145 Å². The summed E-state index contributed by atoms with van der Waals surface area (Å²) in [5, 5.41) is 16.9. The first kappa shape index (κ1) is 16.4. The van der Waals surface area contributed by atoms with Crippen LogP contribution in [0.5, 0.6) is 0 Å². The van der Waals surface area contributed by atoms with E-state index in [-0.39, 0.29) is 5.91 Å². The van der Waals surface area contributed by atoms with Crippen molar-refractivity contribution >= 4 is 34.7 Å². The quantitative estimate of drug-likeness (QED) is 0.660. The van der Waals surface area contributed by atoms with Crippen LogP contribution >= 0.6 is 0 Å². The van der Waals surface area contributed by atoms with Crippen LogP contribution in [0.25, 0.3) is 0 Å². The lowest BCUT2D eigenvalue weighted by molar-refractivity contribution is -0.114. The number of aryl methyl sites for hydroxylation is 1. The van der Waals surface area contributed by atoms with Crippen molar-refractivity contribution < 1.29 is 4.79 Å². The summed E-state index contributed by atoms with van der Waals surface area (Å²) < 4.78 is 0. The largest absolute Gasteiger partial charge is 0.339 e. The summed E-state index contributed by atoms with van der Waals surface area (Å²) in [7, 11) is 0.